The molecule has 2 aromatic rings. The van der Waals surface area contributed by atoms with Crippen LogP contribution in [0, 0.1) is 6.92 Å². The first-order valence-corrected chi connectivity index (χ1v) is 6.83. The summed E-state index contributed by atoms with van der Waals surface area (Å²) in [5.74, 6) is 1.39. The Hall–Kier alpha value is -1.69. The van der Waals surface area contributed by atoms with Crippen LogP contribution >= 0.6 is 11.3 Å². The number of hydrogen-bond donors (Lipinski definition) is 2. The number of nitrogens with zero attached hydrogens (tertiary/aromatic N) is 3. The zero-order chi connectivity index (χ0) is 13.0. The number of aryl methyl sites for hydroxylation is 1. The molecule has 0 saturated carbocycles. The van der Waals surface area contributed by atoms with E-state index < -0.39 is 0 Å². The Morgan fingerprint density at radius 1 is 1.39 bits per heavy atom. The van der Waals surface area contributed by atoms with E-state index in [9.17, 15) is 0 Å². The summed E-state index contributed by atoms with van der Waals surface area (Å²) in [5, 5.41) is 6.49. The Bertz CT molecular complexity index is 523. The Morgan fingerprint density at radius 3 is 2.89 bits per heavy atom. The molecule has 6 heteroatoms. The fourth-order valence-electron chi connectivity index (χ4n) is 1.76. The van der Waals surface area contributed by atoms with Crippen LogP contribution in [0.5, 0.6) is 0 Å². The highest BCUT2D eigenvalue weighted by Gasteiger charge is 2.06. The molecule has 0 atom stereocenters. The van der Waals surface area contributed by atoms with Crippen LogP contribution in [0.3, 0.4) is 0 Å². The number of nitrogen functional groups attached to an aromatic ring is 1. The molecular formula is C12H17N5S. The lowest BCUT2D eigenvalue weighted by Crippen LogP contribution is -2.10. The number of aromatic nitrogens is 3. The van der Waals surface area contributed by atoms with Gasteiger partial charge in [0, 0.05) is 23.9 Å². The third-order valence-electron chi connectivity index (χ3n) is 2.67. The van der Waals surface area contributed by atoms with E-state index in [-0.39, 0.29) is 0 Å². The quantitative estimate of drug-likeness (QED) is 0.863. The number of anilines is 2. The molecule has 96 valence electrons. The van der Waals surface area contributed by atoms with Crippen molar-refractivity contribution in [1.82, 2.24) is 15.0 Å². The van der Waals surface area contributed by atoms with E-state index in [1.54, 1.807) is 11.3 Å². The SMILES string of the molecule is CCc1c(N)ncnc1NCCc1csc(C)n1. The highest BCUT2D eigenvalue weighted by atomic mass is 32.1. The second-order valence-electron chi connectivity index (χ2n) is 3.97. The Kier molecular flexibility index (Phi) is 4.09. The van der Waals surface area contributed by atoms with Crippen molar-refractivity contribution in [2.75, 3.05) is 17.6 Å². The highest BCUT2D eigenvalue weighted by molar-refractivity contribution is 7.09. The molecule has 5 nitrogen and oxygen atoms in total. The van der Waals surface area contributed by atoms with Gasteiger partial charge in [-0.25, -0.2) is 15.0 Å². The van der Waals surface area contributed by atoms with Crippen LogP contribution in [0.25, 0.3) is 0 Å². The average Bonchev–Trinajstić information content (AvgIpc) is 2.75. The fourth-order valence-corrected chi connectivity index (χ4v) is 2.41. The smallest absolute Gasteiger partial charge is 0.134 e. The first-order chi connectivity index (χ1) is 8.70. The number of nitrogens with one attached hydrogen (secondary N) is 1. The third kappa shape index (κ3) is 2.95. The lowest BCUT2D eigenvalue weighted by atomic mass is 10.2. The Labute approximate surface area is 111 Å². The van der Waals surface area contributed by atoms with Crippen LogP contribution in [-0.4, -0.2) is 21.5 Å². The summed E-state index contributed by atoms with van der Waals surface area (Å²) in [5.41, 5.74) is 7.91. The number of nitrogens with two attached hydrogens (primary N) is 1. The van der Waals surface area contributed by atoms with Crippen LogP contribution in [0.15, 0.2) is 11.7 Å². The molecule has 0 radical (unpaired) electrons. The van der Waals surface area contributed by atoms with Gasteiger partial charge in [0.1, 0.15) is 18.0 Å². The second kappa shape index (κ2) is 5.77. The summed E-state index contributed by atoms with van der Waals surface area (Å²) >= 11 is 1.68. The van der Waals surface area contributed by atoms with Crippen molar-refractivity contribution in [2.24, 2.45) is 0 Å². The van der Waals surface area contributed by atoms with Crippen molar-refractivity contribution in [2.45, 2.75) is 26.7 Å². The molecule has 18 heavy (non-hydrogen) atoms. The summed E-state index contributed by atoms with van der Waals surface area (Å²) < 4.78 is 0. The van der Waals surface area contributed by atoms with Gasteiger partial charge in [-0.05, 0) is 13.3 Å². The van der Waals surface area contributed by atoms with Crippen molar-refractivity contribution >= 4 is 23.0 Å². The van der Waals surface area contributed by atoms with E-state index in [1.807, 2.05) is 13.8 Å². The average molecular weight is 263 g/mol. The first kappa shape index (κ1) is 12.8. The molecule has 0 unspecified atom stereocenters. The van der Waals surface area contributed by atoms with Gasteiger partial charge in [-0.1, -0.05) is 6.92 Å². The van der Waals surface area contributed by atoms with Crippen LogP contribution in [0.4, 0.5) is 11.6 Å². The molecule has 0 amide bonds. The predicted octanol–water partition coefficient (Wildman–Crippen LogP) is 2.04. The topological polar surface area (TPSA) is 76.7 Å². The molecular weight excluding hydrogens is 246 g/mol. The minimum Gasteiger partial charge on any atom is -0.383 e. The molecule has 0 saturated heterocycles. The summed E-state index contributed by atoms with van der Waals surface area (Å²) in [4.78, 5) is 12.6. The van der Waals surface area contributed by atoms with Gasteiger partial charge in [0.15, 0.2) is 0 Å². The molecule has 0 aliphatic carbocycles. The third-order valence-corrected chi connectivity index (χ3v) is 3.49. The molecule has 2 aromatic heterocycles. The molecule has 0 aliphatic rings. The summed E-state index contributed by atoms with van der Waals surface area (Å²) in [6.45, 7) is 4.86. The molecule has 0 fully saturated rings. The van der Waals surface area contributed by atoms with E-state index in [2.05, 4.69) is 25.6 Å². The maximum absolute atomic E-state index is 5.82. The van der Waals surface area contributed by atoms with E-state index in [4.69, 9.17) is 5.73 Å². The van der Waals surface area contributed by atoms with E-state index in [1.165, 1.54) is 6.33 Å². The van der Waals surface area contributed by atoms with Gasteiger partial charge in [-0.2, -0.15) is 0 Å². The Balaban J connectivity index is 1.96. The largest absolute Gasteiger partial charge is 0.383 e. The molecule has 0 aromatic carbocycles. The minimum absolute atomic E-state index is 0.555. The number of thiazole rings is 1. The summed E-state index contributed by atoms with van der Waals surface area (Å²) in [6, 6.07) is 0. The van der Waals surface area contributed by atoms with Gasteiger partial charge >= 0.3 is 0 Å². The standard InChI is InChI=1S/C12H17N5S/c1-3-10-11(13)15-7-16-12(10)14-5-4-9-6-18-8(2)17-9/h6-7H,3-5H2,1-2H3,(H3,13,14,15,16). The van der Waals surface area contributed by atoms with Crippen LogP contribution < -0.4 is 11.1 Å². The summed E-state index contributed by atoms with van der Waals surface area (Å²) in [7, 11) is 0. The van der Waals surface area contributed by atoms with E-state index in [0.29, 0.717) is 5.82 Å². The molecule has 0 bridgehead atoms. The predicted molar refractivity (Wildman–Crippen MR) is 74.9 cm³/mol. The van der Waals surface area contributed by atoms with Crippen LogP contribution in [0.1, 0.15) is 23.2 Å². The summed E-state index contributed by atoms with van der Waals surface area (Å²) in [6.07, 6.45) is 3.20. The van der Waals surface area contributed by atoms with Crippen molar-refractivity contribution in [3.63, 3.8) is 0 Å². The van der Waals surface area contributed by atoms with Crippen molar-refractivity contribution in [3.8, 4) is 0 Å². The lowest BCUT2D eigenvalue weighted by Gasteiger charge is -2.10. The van der Waals surface area contributed by atoms with Gasteiger partial charge in [0.05, 0.1) is 10.7 Å². The molecule has 0 spiro atoms. The lowest BCUT2D eigenvalue weighted by molar-refractivity contribution is 0.945. The molecule has 3 N–H and O–H groups in total. The fraction of sp³-hybridized carbons (Fsp3) is 0.417. The molecule has 0 aliphatic heterocycles. The molecule has 2 rings (SSSR count). The normalized spacial score (nSPS) is 10.6. The van der Waals surface area contributed by atoms with Crippen molar-refractivity contribution in [3.05, 3.63) is 28.0 Å². The zero-order valence-electron chi connectivity index (χ0n) is 10.6. The maximum Gasteiger partial charge on any atom is 0.134 e. The van der Waals surface area contributed by atoms with Gasteiger partial charge in [-0.3, -0.25) is 0 Å². The van der Waals surface area contributed by atoms with Gasteiger partial charge in [-0.15, -0.1) is 11.3 Å². The second-order valence-corrected chi connectivity index (χ2v) is 5.04. The van der Waals surface area contributed by atoms with Crippen LogP contribution in [-0.2, 0) is 12.8 Å². The minimum atomic E-state index is 0.555. The molecule has 2 heterocycles. The van der Waals surface area contributed by atoms with Gasteiger partial charge < -0.3 is 11.1 Å². The van der Waals surface area contributed by atoms with Gasteiger partial charge in [0.2, 0.25) is 0 Å². The van der Waals surface area contributed by atoms with E-state index >= 15 is 0 Å². The zero-order valence-corrected chi connectivity index (χ0v) is 11.4. The van der Waals surface area contributed by atoms with Crippen molar-refractivity contribution < 1.29 is 0 Å². The van der Waals surface area contributed by atoms with Crippen LogP contribution in [0.2, 0.25) is 0 Å². The van der Waals surface area contributed by atoms with Crippen molar-refractivity contribution in [1.29, 1.82) is 0 Å². The van der Waals surface area contributed by atoms with Gasteiger partial charge in [0.25, 0.3) is 0 Å². The number of hydrogen-bond acceptors (Lipinski definition) is 6. The monoisotopic (exact) mass is 263 g/mol. The van der Waals surface area contributed by atoms with E-state index in [0.717, 1.165) is 41.5 Å². The highest BCUT2D eigenvalue weighted by Crippen LogP contribution is 2.17. The first-order valence-electron chi connectivity index (χ1n) is 5.95. The maximum atomic E-state index is 5.82. The number of rotatable bonds is 5. The Morgan fingerprint density at radius 2 is 2.22 bits per heavy atom.